The molecule has 1 heterocycles. The fraction of sp³-hybridized carbons (Fsp3) is 0.750. The maximum absolute atomic E-state index is 12.1. The molecule has 1 rings (SSSR count). The fourth-order valence-electron chi connectivity index (χ4n) is 1.28. The van der Waals surface area contributed by atoms with Gasteiger partial charge in [-0.05, 0) is 11.3 Å². The second-order valence-electron chi connectivity index (χ2n) is 5.63. The topological polar surface area (TPSA) is 84.2 Å². The fourth-order valence-corrected chi connectivity index (χ4v) is 2.45. The van der Waals surface area contributed by atoms with Gasteiger partial charge in [-0.15, -0.1) is 0 Å². The number of aromatic nitrogens is 2. The van der Waals surface area contributed by atoms with Crippen molar-refractivity contribution in [2.45, 2.75) is 39.1 Å². The van der Waals surface area contributed by atoms with Gasteiger partial charge >= 0.3 is 0 Å². The molecule has 7 heteroatoms. The lowest BCUT2D eigenvalue weighted by atomic mass is 9.81. The Morgan fingerprint density at radius 2 is 2.11 bits per heavy atom. The number of nitrogens with zero attached hydrogens (tertiary/aromatic N) is 2. The average Bonchev–Trinajstić information content (AvgIpc) is 2.76. The molecule has 19 heavy (non-hydrogen) atoms. The summed E-state index contributed by atoms with van der Waals surface area (Å²) in [6.45, 7) is 8.76. The van der Waals surface area contributed by atoms with Gasteiger partial charge in [-0.3, -0.25) is 4.68 Å². The zero-order valence-corrected chi connectivity index (χ0v) is 12.7. The SMILES string of the molecule is CC(C)C(C)(C)CNS(=O)(=O)c1cnn(CCO)c1. The number of sulfonamides is 1. The van der Waals surface area contributed by atoms with Crippen LogP contribution in [0.3, 0.4) is 0 Å². The van der Waals surface area contributed by atoms with Crippen molar-refractivity contribution < 1.29 is 13.5 Å². The van der Waals surface area contributed by atoms with Gasteiger partial charge < -0.3 is 5.11 Å². The molecule has 0 atom stereocenters. The third-order valence-electron chi connectivity index (χ3n) is 3.53. The summed E-state index contributed by atoms with van der Waals surface area (Å²) in [7, 11) is -3.54. The Hall–Kier alpha value is -0.920. The number of rotatable bonds is 7. The van der Waals surface area contributed by atoms with Crippen LogP contribution in [-0.4, -0.2) is 36.5 Å². The second kappa shape index (κ2) is 6.02. The van der Waals surface area contributed by atoms with E-state index in [1.807, 2.05) is 13.8 Å². The van der Waals surface area contributed by atoms with E-state index in [0.717, 1.165) is 0 Å². The van der Waals surface area contributed by atoms with E-state index >= 15 is 0 Å². The maximum Gasteiger partial charge on any atom is 0.243 e. The minimum absolute atomic E-state index is 0.0744. The van der Waals surface area contributed by atoms with Crippen LogP contribution in [0.2, 0.25) is 0 Å². The number of hydrogen-bond acceptors (Lipinski definition) is 4. The number of aliphatic hydroxyl groups excluding tert-OH is 1. The van der Waals surface area contributed by atoms with Gasteiger partial charge in [0.1, 0.15) is 4.90 Å². The third kappa shape index (κ3) is 4.29. The van der Waals surface area contributed by atoms with Crippen LogP contribution in [0.5, 0.6) is 0 Å². The Morgan fingerprint density at radius 1 is 1.47 bits per heavy atom. The molecule has 0 saturated carbocycles. The largest absolute Gasteiger partial charge is 0.394 e. The molecule has 0 unspecified atom stereocenters. The van der Waals surface area contributed by atoms with Crippen molar-refractivity contribution in [2.24, 2.45) is 11.3 Å². The van der Waals surface area contributed by atoms with Crippen LogP contribution in [0.1, 0.15) is 27.7 Å². The molecule has 0 amide bonds. The van der Waals surface area contributed by atoms with E-state index < -0.39 is 10.0 Å². The van der Waals surface area contributed by atoms with Crippen molar-refractivity contribution in [3.05, 3.63) is 12.4 Å². The summed E-state index contributed by atoms with van der Waals surface area (Å²) >= 11 is 0. The van der Waals surface area contributed by atoms with Gasteiger partial charge in [0.05, 0.1) is 19.3 Å². The molecule has 0 spiro atoms. The summed E-state index contributed by atoms with van der Waals surface area (Å²) in [6.07, 6.45) is 2.71. The third-order valence-corrected chi connectivity index (χ3v) is 4.89. The summed E-state index contributed by atoms with van der Waals surface area (Å²) in [5, 5.41) is 12.7. The van der Waals surface area contributed by atoms with E-state index in [9.17, 15) is 8.42 Å². The zero-order valence-electron chi connectivity index (χ0n) is 11.9. The Kier molecular flexibility index (Phi) is 5.11. The lowest BCUT2D eigenvalue weighted by molar-refractivity contribution is 0.252. The lowest BCUT2D eigenvalue weighted by Gasteiger charge is -2.29. The average molecular weight is 289 g/mol. The summed E-state index contributed by atoms with van der Waals surface area (Å²) in [4.78, 5) is 0.125. The molecule has 2 N–H and O–H groups in total. The van der Waals surface area contributed by atoms with Crippen LogP contribution in [0.4, 0.5) is 0 Å². The van der Waals surface area contributed by atoms with Gasteiger partial charge in [0.25, 0.3) is 0 Å². The van der Waals surface area contributed by atoms with Crippen molar-refractivity contribution in [2.75, 3.05) is 13.2 Å². The number of hydrogen-bond donors (Lipinski definition) is 2. The monoisotopic (exact) mass is 289 g/mol. The first kappa shape index (κ1) is 16.1. The Morgan fingerprint density at radius 3 is 2.63 bits per heavy atom. The molecular formula is C12H23N3O3S. The summed E-state index contributed by atoms with van der Waals surface area (Å²) in [5.41, 5.74) is -0.117. The molecular weight excluding hydrogens is 266 g/mol. The van der Waals surface area contributed by atoms with Crippen LogP contribution >= 0.6 is 0 Å². The van der Waals surface area contributed by atoms with Gasteiger partial charge in [-0.25, -0.2) is 13.1 Å². The predicted molar refractivity (Wildman–Crippen MR) is 73.1 cm³/mol. The van der Waals surface area contributed by atoms with Crippen LogP contribution < -0.4 is 4.72 Å². The minimum atomic E-state index is -3.54. The molecule has 0 aliphatic heterocycles. The van der Waals surface area contributed by atoms with Crippen molar-refractivity contribution in [3.63, 3.8) is 0 Å². The van der Waals surface area contributed by atoms with E-state index in [-0.39, 0.29) is 23.5 Å². The minimum Gasteiger partial charge on any atom is -0.394 e. The summed E-state index contributed by atoms with van der Waals surface area (Å²) in [5.74, 6) is 0.368. The van der Waals surface area contributed by atoms with E-state index in [1.54, 1.807) is 0 Å². The first-order chi connectivity index (χ1) is 8.69. The Labute approximate surface area is 114 Å². The first-order valence-electron chi connectivity index (χ1n) is 6.32. The van der Waals surface area contributed by atoms with Crippen molar-refractivity contribution in [1.82, 2.24) is 14.5 Å². The molecule has 1 aromatic heterocycles. The van der Waals surface area contributed by atoms with Crippen LogP contribution in [0.15, 0.2) is 17.3 Å². The van der Waals surface area contributed by atoms with E-state index in [4.69, 9.17) is 5.11 Å². The molecule has 110 valence electrons. The van der Waals surface area contributed by atoms with Gasteiger partial charge in [0, 0.05) is 12.7 Å². The smallest absolute Gasteiger partial charge is 0.243 e. The molecule has 0 saturated heterocycles. The zero-order chi connectivity index (χ0) is 14.7. The van der Waals surface area contributed by atoms with E-state index in [0.29, 0.717) is 12.5 Å². The van der Waals surface area contributed by atoms with Gasteiger partial charge in [-0.2, -0.15) is 5.10 Å². The van der Waals surface area contributed by atoms with E-state index in [2.05, 4.69) is 23.7 Å². The normalized spacial score (nSPS) is 13.2. The van der Waals surface area contributed by atoms with Crippen LogP contribution in [0.25, 0.3) is 0 Å². The molecule has 6 nitrogen and oxygen atoms in total. The highest BCUT2D eigenvalue weighted by Gasteiger charge is 2.26. The van der Waals surface area contributed by atoms with Crippen molar-refractivity contribution in [1.29, 1.82) is 0 Å². The highest BCUT2D eigenvalue weighted by Crippen LogP contribution is 2.25. The summed E-state index contributed by atoms with van der Waals surface area (Å²) in [6, 6.07) is 0. The van der Waals surface area contributed by atoms with Gasteiger partial charge in [-0.1, -0.05) is 27.7 Å². The number of nitrogens with one attached hydrogen (secondary N) is 1. The Balaban J connectivity index is 2.75. The molecule has 0 aliphatic carbocycles. The molecule has 0 bridgehead atoms. The molecule has 0 aromatic carbocycles. The highest BCUT2D eigenvalue weighted by atomic mass is 32.2. The standard InChI is InChI=1S/C12H23N3O3S/c1-10(2)12(3,4)9-14-19(17,18)11-7-13-15(8-11)5-6-16/h7-8,10,14,16H,5-6,9H2,1-4H3. The molecule has 1 aromatic rings. The van der Waals surface area contributed by atoms with Crippen LogP contribution in [0, 0.1) is 11.3 Å². The Bertz CT molecular complexity index is 506. The quantitative estimate of drug-likeness (QED) is 0.779. The molecule has 0 fully saturated rings. The van der Waals surface area contributed by atoms with Crippen LogP contribution in [-0.2, 0) is 16.6 Å². The maximum atomic E-state index is 12.1. The van der Waals surface area contributed by atoms with E-state index in [1.165, 1.54) is 17.1 Å². The predicted octanol–water partition coefficient (Wildman–Crippen LogP) is 0.836. The van der Waals surface area contributed by atoms with Gasteiger partial charge in [0.2, 0.25) is 10.0 Å². The lowest BCUT2D eigenvalue weighted by Crippen LogP contribution is -2.36. The number of aliphatic hydroxyl groups is 1. The van der Waals surface area contributed by atoms with Crippen molar-refractivity contribution >= 4 is 10.0 Å². The van der Waals surface area contributed by atoms with Gasteiger partial charge in [0.15, 0.2) is 0 Å². The second-order valence-corrected chi connectivity index (χ2v) is 7.40. The van der Waals surface area contributed by atoms with Crippen molar-refractivity contribution in [3.8, 4) is 0 Å². The first-order valence-corrected chi connectivity index (χ1v) is 7.80. The summed E-state index contributed by atoms with van der Waals surface area (Å²) < 4.78 is 28.2. The molecule has 0 radical (unpaired) electrons. The molecule has 0 aliphatic rings. The highest BCUT2D eigenvalue weighted by molar-refractivity contribution is 7.89.